The second-order valence-electron chi connectivity index (χ2n) is 11.4. The van der Waals surface area contributed by atoms with E-state index in [1.165, 1.54) is 31.3 Å². The smallest absolute Gasteiger partial charge is 0.308 e. The number of carboxylic acids is 3. The number of hydrogen-bond donors (Lipinski definition) is 3. The number of allylic oxidation sites excluding steroid dienone is 4. The molecule has 0 saturated carbocycles. The zero-order valence-corrected chi connectivity index (χ0v) is 24.0. The largest absolute Gasteiger partial charge is 0.481 e. The fraction of sp³-hybridized carbons (Fsp3) is 0.731. The van der Waals surface area contributed by atoms with E-state index in [4.69, 9.17) is 15.3 Å². The minimum Gasteiger partial charge on any atom is -0.481 e. The van der Waals surface area contributed by atoms with E-state index in [1.807, 2.05) is 0 Å². The third-order valence-corrected chi connectivity index (χ3v) is 4.96. The minimum absolute atomic E-state index is 0. The van der Waals surface area contributed by atoms with Crippen molar-refractivity contribution in [2.45, 2.75) is 102 Å². The maximum atomic E-state index is 10.0. The molecule has 2 aliphatic carbocycles. The number of rotatable bonds is 0. The Morgan fingerprint density at radius 1 is 0.727 bits per heavy atom. The predicted octanol–water partition coefficient (Wildman–Crippen LogP) is 6.60. The van der Waals surface area contributed by atoms with E-state index in [2.05, 4.69) is 19.9 Å². The molecule has 33 heavy (non-hydrogen) atoms. The van der Waals surface area contributed by atoms with Crippen LogP contribution in [-0.4, -0.2) is 33.2 Å². The van der Waals surface area contributed by atoms with E-state index in [9.17, 15) is 14.4 Å². The molecule has 1 atom stereocenters. The van der Waals surface area contributed by atoms with E-state index >= 15 is 0 Å². The van der Waals surface area contributed by atoms with E-state index in [0.29, 0.717) is 5.92 Å². The van der Waals surface area contributed by atoms with Crippen molar-refractivity contribution < 1.29 is 51.4 Å². The van der Waals surface area contributed by atoms with Crippen molar-refractivity contribution in [2.24, 2.45) is 22.2 Å². The summed E-state index contributed by atoms with van der Waals surface area (Å²) in [4.78, 5) is 30.1. The van der Waals surface area contributed by atoms with Crippen LogP contribution < -0.4 is 0 Å². The number of carboxylic acid groups (broad SMARTS) is 3. The Bertz CT molecular complexity index is 655. The molecule has 0 aromatic heterocycles. The van der Waals surface area contributed by atoms with Gasteiger partial charge in [-0.05, 0) is 62.3 Å². The molecule has 0 saturated heterocycles. The van der Waals surface area contributed by atoms with Gasteiger partial charge in [-0.1, -0.05) is 45.4 Å². The summed E-state index contributed by atoms with van der Waals surface area (Å²) >= 11 is 0. The first-order valence-electron chi connectivity index (χ1n) is 11.1. The Hall–Kier alpha value is -1.40. The monoisotopic (exact) mass is 501 g/mol. The Balaban J connectivity index is -0.000000371. The molecule has 0 amide bonds. The summed E-state index contributed by atoms with van der Waals surface area (Å²) in [5.74, 6) is -1.56. The zero-order chi connectivity index (χ0) is 26.1. The van der Waals surface area contributed by atoms with Crippen LogP contribution in [-0.2, 0) is 36.1 Å². The van der Waals surface area contributed by atoms with Gasteiger partial charge >= 0.3 is 17.9 Å². The van der Waals surface area contributed by atoms with Crippen molar-refractivity contribution in [1.29, 1.82) is 0 Å². The molecule has 0 fully saturated rings. The summed E-state index contributed by atoms with van der Waals surface area (Å²) in [6, 6.07) is 0. The Labute approximate surface area is 215 Å². The van der Waals surface area contributed by atoms with Crippen LogP contribution >= 0.6 is 0 Å². The average molecular weight is 502 g/mol. The number of hydrogen-bond acceptors (Lipinski definition) is 3. The van der Waals surface area contributed by atoms with Crippen LogP contribution in [0.3, 0.4) is 0 Å². The fourth-order valence-corrected chi connectivity index (χ4v) is 2.16. The molecule has 0 aromatic rings. The number of aliphatic carboxylic acids is 3. The van der Waals surface area contributed by atoms with Gasteiger partial charge in [0, 0.05) is 21.7 Å². The summed E-state index contributed by atoms with van der Waals surface area (Å²) in [6.07, 6.45) is 8.91. The van der Waals surface area contributed by atoms with Crippen LogP contribution in [0.5, 0.6) is 0 Å². The maximum absolute atomic E-state index is 10.0. The molecular formula is C26H45O6Ti-. The summed E-state index contributed by atoms with van der Waals surface area (Å²) in [5, 5.41) is 24.8. The van der Waals surface area contributed by atoms with E-state index < -0.39 is 34.2 Å². The SMILES string of the molecule is CC(C)(C)C(=O)O.CC(C)(C)C(=O)O.CC(C)(C)C(=O)O.CC1=[C-]C2=C(CCCC2)C1C.[Ti]. The van der Waals surface area contributed by atoms with Gasteiger partial charge in [-0.3, -0.25) is 14.4 Å². The van der Waals surface area contributed by atoms with Crippen LogP contribution in [0.15, 0.2) is 16.7 Å². The van der Waals surface area contributed by atoms with Crippen molar-refractivity contribution in [3.63, 3.8) is 0 Å². The van der Waals surface area contributed by atoms with Gasteiger partial charge in [0.2, 0.25) is 0 Å². The standard InChI is InChI=1S/C11H15.3C5H10O2.Ti/c1-8-7-10-5-3-4-6-11(10)9(8)2;3*1-5(2,3)4(6)7;/h9H,3-6H2,1-2H3;3*1-3H3,(H,6,7);/q-1;;;;. The average Bonchev–Trinajstić information content (AvgIpc) is 2.89. The van der Waals surface area contributed by atoms with Gasteiger partial charge in [-0.25, -0.2) is 17.2 Å². The van der Waals surface area contributed by atoms with E-state index in [1.54, 1.807) is 73.5 Å². The van der Waals surface area contributed by atoms with Crippen LogP contribution in [0.1, 0.15) is 102 Å². The fourth-order valence-electron chi connectivity index (χ4n) is 2.16. The maximum Gasteiger partial charge on any atom is 0.308 e. The van der Waals surface area contributed by atoms with Crippen molar-refractivity contribution in [1.82, 2.24) is 0 Å². The number of carbonyl (C=O) groups is 3. The van der Waals surface area contributed by atoms with Gasteiger partial charge in [0.05, 0.1) is 16.2 Å². The first kappa shape index (κ1) is 36.2. The molecule has 3 N–H and O–H groups in total. The predicted molar refractivity (Wildman–Crippen MR) is 128 cm³/mol. The molecule has 0 aliphatic heterocycles. The molecule has 0 bridgehead atoms. The molecule has 190 valence electrons. The van der Waals surface area contributed by atoms with Gasteiger partial charge in [-0.15, -0.1) is 0 Å². The summed E-state index contributed by atoms with van der Waals surface area (Å²) < 4.78 is 0. The first-order chi connectivity index (χ1) is 14.1. The quantitative estimate of drug-likeness (QED) is 0.255. The third-order valence-electron chi connectivity index (χ3n) is 4.96. The van der Waals surface area contributed by atoms with Crippen molar-refractivity contribution >= 4 is 17.9 Å². The molecular weight excluding hydrogens is 456 g/mol. The molecule has 2 rings (SSSR count). The molecule has 2 aliphatic rings. The Morgan fingerprint density at radius 3 is 1.24 bits per heavy atom. The Morgan fingerprint density at radius 2 is 1.00 bits per heavy atom. The summed E-state index contributed by atoms with van der Waals surface area (Å²) in [7, 11) is 0. The normalized spacial score (nSPS) is 17.3. The van der Waals surface area contributed by atoms with Crippen LogP contribution in [0.4, 0.5) is 0 Å². The molecule has 0 spiro atoms. The minimum atomic E-state index is -0.757. The zero-order valence-electron chi connectivity index (χ0n) is 22.5. The van der Waals surface area contributed by atoms with Crippen molar-refractivity contribution in [3.8, 4) is 0 Å². The van der Waals surface area contributed by atoms with E-state index in [-0.39, 0.29) is 21.7 Å². The molecule has 7 heteroatoms. The van der Waals surface area contributed by atoms with Gasteiger partial charge in [0.1, 0.15) is 0 Å². The van der Waals surface area contributed by atoms with Gasteiger partial charge in [0.15, 0.2) is 0 Å². The second kappa shape index (κ2) is 14.8. The van der Waals surface area contributed by atoms with Gasteiger partial charge in [-0.2, -0.15) is 5.57 Å². The Kier molecular flexibility index (Phi) is 16.2. The van der Waals surface area contributed by atoms with E-state index in [0.717, 1.165) is 0 Å². The van der Waals surface area contributed by atoms with Crippen LogP contribution in [0, 0.1) is 28.2 Å². The van der Waals surface area contributed by atoms with Crippen LogP contribution in [0.2, 0.25) is 0 Å². The molecule has 1 unspecified atom stereocenters. The first-order valence-corrected chi connectivity index (χ1v) is 11.1. The van der Waals surface area contributed by atoms with Crippen molar-refractivity contribution in [3.05, 3.63) is 22.8 Å². The summed E-state index contributed by atoms with van der Waals surface area (Å²) in [5.41, 5.74) is 2.94. The molecule has 0 heterocycles. The van der Waals surface area contributed by atoms with Crippen LogP contribution in [0.25, 0.3) is 0 Å². The van der Waals surface area contributed by atoms with Gasteiger partial charge < -0.3 is 15.3 Å². The molecule has 0 radical (unpaired) electrons. The summed E-state index contributed by atoms with van der Waals surface area (Å²) in [6.45, 7) is 19.5. The van der Waals surface area contributed by atoms with Crippen molar-refractivity contribution in [2.75, 3.05) is 0 Å². The second-order valence-corrected chi connectivity index (χ2v) is 11.4. The third kappa shape index (κ3) is 16.0. The van der Waals surface area contributed by atoms with Gasteiger partial charge in [0.25, 0.3) is 0 Å². The topological polar surface area (TPSA) is 112 Å². The molecule has 6 nitrogen and oxygen atoms in total. The molecule has 0 aromatic carbocycles.